The van der Waals surface area contributed by atoms with Gasteiger partial charge in [-0.3, -0.25) is 9.58 Å². The molecule has 1 aliphatic carbocycles. The lowest BCUT2D eigenvalue weighted by Gasteiger charge is -2.13. The molecule has 4 aromatic rings. The van der Waals surface area contributed by atoms with E-state index in [4.69, 9.17) is 5.10 Å². The average Bonchev–Trinajstić information content (AvgIpc) is 3.34. The summed E-state index contributed by atoms with van der Waals surface area (Å²) >= 11 is 0. The summed E-state index contributed by atoms with van der Waals surface area (Å²) in [6.07, 6.45) is 8.69. The van der Waals surface area contributed by atoms with E-state index in [2.05, 4.69) is 39.2 Å². The largest absolute Gasteiger partial charge is 0.326 e. The number of pyridine rings is 1. The Labute approximate surface area is 209 Å². The van der Waals surface area contributed by atoms with E-state index in [9.17, 15) is 9.00 Å². The van der Waals surface area contributed by atoms with E-state index < -0.39 is 11.0 Å². The molecular formula is C23H26N10O2S. The lowest BCUT2D eigenvalue weighted by molar-refractivity contribution is 0.229. The van der Waals surface area contributed by atoms with Gasteiger partial charge in [0.05, 0.1) is 34.1 Å². The Morgan fingerprint density at radius 3 is 2.69 bits per heavy atom. The topological polar surface area (TPSA) is 127 Å². The van der Waals surface area contributed by atoms with Gasteiger partial charge in [-0.05, 0) is 32.8 Å². The number of aromatic nitrogens is 7. The van der Waals surface area contributed by atoms with Crippen molar-refractivity contribution in [3.05, 3.63) is 36.9 Å². The molecule has 1 aliphatic heterocycles. The minimum Gasteiger partial charge on any atom is -0.326 e. The minimum atomic E-state index is -1.15. The third-order valence-corrected chi connectivity index (χ3v) is 7.87. The van der Waals surface area contributed by atoms with Gasteiger partial charge in [0, 0.05) is 44.6 Å². The second-order valence-corrected chi connectivity index (χ2v) is 10.9. The van der Waals surface area contributed by atoms with E-state index in [1.807, 2.05) is 10.7 Å². The molecule has 5 heterocycles. The van der Waals surface area contributed by atoms with Gasteiger partial charge in [-0.15, -0.1) is 0 Å². The maximum absolute atomic E-state index is 12.6. The van der Waals surface area contributed by atoms with Gasteiger partial charge >= 0.3 is 6.03 Å². The highest BCUT2D eigenvalue weighted by molar-refractivity contribution is 7.84. The van der Waals surface area contributed by atoms with Gasteiger partial charge in [0.2, 0.25) is 0 Å². The number of hydrogen-bond donors (Lipinski definition) is 1. The number of carbonyl (C=O) groups excluding carboxylic acids is 1. The van der Waals surface area contributed by atoms with Crippen molar-refractivity contribution in [2.45, 2.75) is 38.0 Å². The number of hydrogen-bond acceptors (Lipinski definition) is 8. The highest BCUT2D eigenvalue weighted by Gasteiger charge is 2.31. The fraction of sp³-hybridized carbons (Fsp3) is 0.391. The quantitative estimate of drug-likeness (QED) is 0.405. The summed E-state index contributed by atoms with van der Waals surface area (Å²) in [6.45, 7) is 5.35. The molecule has 13 heteroatoms. The third kappa shape index (κ3) is 3.98. The summed E-state index contributed by atoms with van der Waals surface area (Å²) in [5.41, 5.74) is 1.57. The van der Waals surface area contributed by atoms with Crippen LogP contribution in [-0.4, -0.2) is 74.4 Å². The molecule has 1 atom stereocenters. The first-order valence-corrected chi connectivity index (χ1v) is 13.0. The summed E-state index contributed by atoms with van der Waals surface area (Å²) in [5.74, 6) is 2.26. The second kappa shape index (κ2) is 8.66. The fourth-order valence-electron chi connectivity index (χ4n) is 4.16. The SMILES string of the molecule is CC(C)n1nc(N2CCN(C)C2=O)c2cnc(Nc3ccnc(-c4cnn(S(=O)C5CC5)c4)n3)cc21. The van der Waals surface area contributed by atoms with Gasteiger partial charge < -0.3 is 10.2 Å². The Morgan fingerprint density at radius 2 is 1.97 bits per heavy atom. The molecule has 12 nitrogen and oxygen atoms in total. The zero-order valence-electron chi connectivity index (χ0n) is 20.2. The van der Waals surface area contributed by atoms with E-state index >= 15 is 0 Å². The predicted molar refractivity (Wildman–Crippen MR) is 136 cm³/mol. The van der Waals surface area contributed by atoms with Gasteiger partial charge in [0.15, 0.2) is 11.6 Å². The summed E-state index contributed by atoms with van der Waals surface area (Å²) in [7, 11) is 0.641. The maximum atomic E-state index is 12.6. The van der Waals surface area contributed by atoms with E-state index in [0.717, 1.165) is 23.7 Å². The molecule has 0 bridgehead atoms. The summed E-state index contributed by atoms with van der Waals surface area (Å²) in [6, 6.07) is 3.70. The van der Waals surface area contributed by atoms with Crippen LogP contribution in [0, 0.1) is 0 Å². The molecule has 4 aromatic heterocycles. The molecule has 186 valence electrons. The van der Waals surface area contributed by atoms with Crippen LogP contribution in [0.25, 0.3) is 22.3 Å². The molecule has 0 radical (unpaired) electrons. The van der Waals surface area contributed by atoms with Crippen LogP contribution < -0.4 is 10.2 Å². The number of fused-ring (bicyclic) bond motifs is 1. The van der Waals surface area contributed by atoms with Crippen molar-refractivity contribution in [1.82, 2.24) is 38.8 Å². The monoisotopic (exact) mass is 506 g/mol. The van der Waals surface area contributed by atoms with Crippen LogP contribution in [0.15, 0.2) is 36.9 Å². The van der Waals surface area contributed by atoms with Crippen molar-refractivity contribution in [2.24, 2.45) is 0 Å². The normalized spacial score (nSPS) is 16.9. The number of nitrogens with zero attached hydrogens (tertiary/aromatic N) is 9. The third-order valence-electron chi connectivity index (χ3n) is 6.26. The van der Waals surface area contributed by atoms with Crippen LogP contribution >= 0.6 is 0 Å². The van der Waals surface area contributed by atoms with Crippen LogP contribution in [0.1, 0.15) is 32.7 Å². The predicted octanol–water partition coefficient (Wildman–Crippen LogP) is 2.96. The second-order valence-electron chi connectivity index (χ2n) is 9.30. The fourth-order valence-corrected chi connectivity index (χ4v) is 5.36. The van der Waals surface area contributed by atoms with Gasteiger partial charge in [0.1, 0.15) is 22.6 Å². The number of nitrogens with one attached hydrogen (secondary N) is 1. The van der Waals surface area contributed by atoms with Crippen molar-refractivity contribution in [2.75, 3.05) is 30.4 Å². The average molecular weight is 507 g/mol. The Balaban J connectivity index is 1.29. The van der Waals surface area contributed by atoms with Gasteiger partial charge in [0.25, 0.3) is 0 Å². The maximum Gasteiger partial charge on any atom is 0.325 e. The van der Waals surface area contributed by atoms with Crippen molar-refractivity contribution in [3.8, 4) is 11.4 Å². The van der Waals surface area contributed by atoms with E-state index in [1.165, 1.54) is 4.09 Å². The Kier molecular flexibility index (Phi) is 5.43. The molecule has 1 saturated carbocycles. The number of carbonyl (C=O) groups is 1. The molecule has 2 fully saturated rings. The molecule has 2 amide bonds. The van der Waals surface area contributed by atoms with Crippen molar-refractivity contribution >= 4 is 45.4 Å². The van der Waals surface area contributed by atoms with Gasteiger partial charge in [-0.2, -0.15) is 14.3 Å². The highest BCUT2D eigenvalue weighted by Crippen LogP contribution is 2.32. The van der Waals surface area contributed by atoms with Crippen LogP contribution in [0.5, 0.6) is 0 Å². The number of anilines is 3. The number of likely N-dealkylation sites (N-methyl/N-ethyl adjacent to an activating group) is 1. The smallest absolute Gasteiger partial charge is 0.325 e. The molecule has 0 aromatic carbocycles. The molecule has 6 rings (SSSR count). The summed E-state index contributed by atoms with van der Waals surface area (Å²) in [5, 5.41) is 13.2. The first-order valence-electron chi connectivity index (χ1n) is 11.9. The Morgan fingerprint density at radius 1 is 1.14 bits per heavy atom. The lowest BCUT2D eigenvalue weighted by atomic mass is 10.2. The number of urea groups is 1. The number of amides is 2. The lowest BCUT2D eigenvalue weighted by Crippen LogP contribution is -2.29. The molecular weight excluding hydrogens is 480 g/mol. The van der Waals surface area contributed by atoms with Crippen molar-refractivity contribution in [1.29, 1.82) is 0 Å². The van der Waals surface area contributed by atoms with Crippen LogP contribution in [0.4, 0.5) is 22.2 Å². The van der Waals surface area contributed by atoms with E-state index in [-0.39, 0.29) is 17.3 Å². The van der Waals surface area contributed by atoms with Gasteiger partial charge in [-0.25, -0.2) is 24.0 Å². The standard InChI is InChI=1S/C23H26N10O2S/c1-14(2)33-18-10-20(25-12-17(18)22(29-33)31-9-8-30(3)23(31)34)27-19-6-7-24-21(28-19)15-11-26-32(13-15)36(35)16-4-5-16/h6-7,10-14,16H,4-5,8-9H2,1-3H3,(H,24,25,27,28). The molecule has 36 heavy (non-hydrogen) atoms. The van der Waals surface area contributed by atoms with E-state index in [0.29, 0.717) is 41.9 Å². The van der Waals surface area contributed by atoms with Crippen molar-refractivity contribution < 1.29 is 9.00 Å². The zero-order chi connectivity index (χ0) is 25.0. The van der Waals surface area contributed by atoms with Crippen LogP contribution in [-0.2, 0) is 11.0 Å². The summed E-state index contributed by atoms with van der Waals surface area (Å²) < 4.78 is 15.8. The minimum absolute atomic E-state index is 0.0645. The Hall–Kier alpha value is -3.87. The summed E-state index contributed by atoms with van der Waals surface area (Å²) in [4.78, 5) is 29.5. The van der Waals surface area contributed by atoms with E-state index in [1.54, 1.807) is 47.7 Å². The van der Waals surface area contributed by atoms with Gasteiger partial charge in [-0.1, -0.05) is 0 Å². The molecule has 1 unspecified atom stereocenters. The number of rotatable bonds is 7. The van der Waals surface area contributed by atoms with Crippen LogP contribution in [0.2, 0.25) is 0 Å². The van der Waals surface area contributed by atoms with Crippen molar-refractivity contribution in [3.63, 3.8) is 0 Å². The molecule has 0 spiro atoms. The molecule has 1 N–H and O–H groups in total. The van der Waals surface area contributed by atoms with Crippen LogP contribution in [0.3, 0.4) is 0 Å². The highest BCUT2D eigenvalue weighted by atomic mass is 32.2. The zero-order valence-corrected chi connectivity index (χ0v) is 21.0. The molecule has 1 saturated heterocycles. The molecule has 2 aliphatic rings. The first-order chi connectivity index (χ1) is 17.4. The Bertz CT molecular complexity index is 1490. The first kappa shape index (κ1) is 22.6.